The quantitative estimate of drug-likeness (QED) is 0.789. The lowest BCUT2D eigenvalue weighted by Gasteiger charge is -2.04. The van der Waals surface area contributed by atoms with Gasteiger partial charge in [0.25, 0.3) is 0 Å². The fraction of sp³-hybridized carbons (Fsp3) is 0.500. The van der Waals surface area contributed by atoms with E-state index in [1.54, 1.807) is 0 Å². The molecule has 3 heteroatoms. The molecule has 2 rings (SSSR count). The van der Waals surface area contributed by atoms with Crippen molar-refractivity contribution < 1.29 is 0 Å². The van der Waals surface area contributed by atoms with Gasteiger partial charge in [0, 0.05) is 0 Å². The highest BCUT2D eigenvalue weighted by Gasteiger charge is 2.03. The van der Waals surface area contributed by atoms with Gasteiger partial charge in [-0.3, -0.25) is 0 Å². The number of fused-ring (bicyclic) bond motifs is 1. The van der Waals surface area contributed by atoms with Crippen molar-refractivity contribution in [2.75, 3.05) is 0 Å². The molecule has 0 aliphatic carbocycles. The normalized spacial score (nSPS) is 11.5. The van der Waals surface area contributed by atoms with Gasteiger partial charge in [-0.2, -0.15) is 0 Å². The van der Waals surface area contributed by atoms with Gasteiger partial charge in [-0.15, -0.1) is 11.6 Å². The Balaban J connectivity index is 2.08. The van der Waals surface area contributed by atoms with Crippen molar-refractivity contribution in [1.29, 1.82) is 0 Å². The molecule has 1 heterocycles. The van der Waals surface area contributed by atoms with Crippen LogP contribution in [-0.2, 0) is 12.3 Å². The Bertz CT molecular complexity index is 488. The first kappa shape index (κ1) is 12.4. The zero-order chi connectivity index (χ0) is 12.3. The third-order valence-electron chi connectivity index (χ3n) is 2.97. The molecule has 0 aliphatic rings. The molecule has 2 nitrogen and oxygen atoms in total. The van der Waals surface area contributed by atoms with E-state index in [-0.39, 0.29) is 0 Å². The van der Waals surface area contributed by atoms with E-state index < -0.39 is 0 Å². The van der Waals surface area contributed by atoms with Crippen LogP contribution >= 0.6 is 11.6 Å². The van der Waals surface area contributed by atoms with E-state index in [2.05, 4.69) is 42.0 Å². The standard InChI is InChI=1S/C14H19ClN2/c1-10(2)4-3-5-11-6-7-12-13(8-11)17-14(9-15)16-12/h6-8,10H,3-5,9H2,1-2H3,(H,16,17). The Morgan fingerprint density at radius 3 is 2.88 bits per heavy atom. The second kappa shape index (κ2) is 5.54. The van der Waals surface area contributed by atoms with Gasteiger partial charge in [0.1, 0.15) is 5.82 Å². The lowest BCUT2D eigenvalue weighted by atomic mass is 10.0. The average Bonchev–Trinajstić information content (AvgIpc) is 2.70. The highest BCUT2D eigenvalue weighted by atomic mass is 35.5. The van der Waals surface area contributed by atoms with Crippen LogP contribution in [0.3, 0.4) is 0 Å². The van der Waals surface area contributed by atoms with Crippen molar-refractivity contribution >= 4 is 22.6 Å². The van der Waals surface area contributed by atoms with E-state index in [4.69, 9.17) is 11.6 Å². The van der Waals surface area contributed by atoms with E-state index in [1.807, 2.05) is 0 Å². The Hall–Kier alpha value is -1.02. The van der Waals surface area contributed by atoms with Crippen LogP contribution in [0.2, 0.25) is 0 Å². The largest absolute Gasteiger partial charge is 0.341 e. The number of H-pyrrole nitrogens is 1. The number of aryl methyl sites for hydroxylation is 1. The van der Waals surface area contributed by atoms with Gasteiger partial charge in [0.2, 0.25) is 0 Å². The number of benzene rings is 1. The monoisotopic (exact) mass is 250 g/mol. The van der Waals surface area contributed by atoms with Gasteiger partial charge in [-0.1, -0.05) is 26.3 Å². The predicted octanol–water partition coefficient (Wildman–Crippen LogP) is 4.28. The maximum atomic E-state index is 5.76. The molecule has 92 valence electrons. The summed E-state index contributed by atoms with van der Waals surface area (Å²) in [6.45, 7) is 4.54. The highest BCUT2D eigenvalue weighted by molar-refractivity contribution is 6.16. The van der Waals surface area contributed by atoms with E-state index in [9.17, 15) is 0 Å². The number of nitrogens with one attached hydrogen (secondary N) is 1. The van der Waals surface area contributed by atoms with Crippen molar-refractivity contribution in [2.45, 2.75) is 39.0 Å². The lowest BCUT2D eigenvalue weighted by molar-refractivity contribution is 0.556. The lowest BCUT2D eigenvalue weighted by Crippen LogP contribution is -1.90. The number of alkyl halides is 1. The molecule has 2 aromatic rings. The highest BCUT2D eigenvalue weighted by Crippen LogP contribution is 2.17. The van der Waals surface area contributed by atoms with Crippen molar-refractivity contribution in [3.8, 4) is 0 Å². The molecule has 1 aromatic heterocycles. The Morgan fingerprint density at radius 1 is 1.35 bits per heavy atom. The minimum absolute atomic E-state index is 0.442. The molecule has 0 spiro atoms. The van der Waals surface area contributed by atoms with E-state index in [0.29, 0.717) is 5.88 Å². The van der Waals surface area contributed by atoms with E-state index >= 15 is 0 Å². The van der Waals surface area contributed by atoms with Gasteiger partial charge >= 0.3 is 0 Å². The van der Waals surface area contributed by atoms with Crippen molar-refractivity contribution in [3.63, 3.8) is 0 Å². The van der Waals surface area contributed by atoms with E-state index in [0.717, 1.165) is 29.2 Å². The topological polar surface area (TPSA) is 28.7 Å². The van der Waals surface area contributed by atoms with Crippen LogP contribution in [-0.4, -0.2) is 9.97 Å². The first-order valence-electron chi connectivity index (χ1n) is 6.22. The summed E-state index contributed by atoms with van der Waals surface area (Å²) in [4.78, 5) is 7.64. The maximum absolute atomic E-state index is 5.76. The number of rotatable bonds is 5. The van der Waals surface area contributed by atoms with Crippen LogP contribution in [0.25, 0.3) is 11.0 Å². The molecule has 0 atom stereocenters. The summed E-state index contributed by atoms with van der Waals surface area (Å²) in [7, 11) is 0. The summed E-state index contributed by atoms with van der Waals surface area (Å²) >= 11 is 5.76. The molecule has 0 aliphatic heterocycles. The van der Waals surface area contributed by atoms with Crippen LogP contribution in [0.5, 0.6) is 0 Å². The van der Waals surface area contributed by atoms with Crippen molar-refractivity contribution in [2.24, 2.45) is 5.92 Å². The Morgan fingerprint density at radius 2 is 2.18 bits per heavy atom. The van der Waals surface area contributed by atoms with Gasteiger partial charge in [0.15, 0.2) is 0 Å². The molecule has 0 saturated carbocycles. The summed E-state index contributed by atoms with van der Waals surface area (Å²) in [6, 6.07) is 6.44. The molecule has 0 unspecified atom stereocenters. The molecular weight excluding hydrogens is 232 g/mol. The first-order valence-corrected chi connectivity index (χ1v) is 6.76. The molecular formula is C14H19ClN2. The number of nitrogens with zero attached hydrogens (tertiary/aromatic N) is 1. The molecule has 0 fully saturated rings. The SMILES string of the molecule is CC(C)CCCc1ccc2nc(CCl)[nH]c2c1. The van der Waals surface area contributed by atoms with Crippen LogP contribution < -0.4 is 0 Å². The zero-order valence-corrected chi connectivity index (χ0v) is 11.2. The number of hydrogen-bond acceptors (Lipinski definition) is 1. The van der Waals surface area contributed by atoms with Gasteiger partial charge in [-0.05, 0) is 36.5 Å². The summed E-state index contributed by atoms with van der Waals surface area (Å²) in [5.41, 5.74) is 3.49. The zero-order valence-electron chi connectivity index (χ0n) is 10.5. The smallest absolute Gasteiger partial charge is 0.122 e. The van der Waals surface area contributed by atoms with Gasteiger partial charge in [-0.25, -0.2) is 4.98 Å². The average molecular weight is 251 g/mol. The predicted molar refractivity (Wildman–Crippen MR) is 73.4 cm³/mol. The second-order valence-electron chi connectivity index (χ2n) is 4.95. The van der Waals surface area contributed by atoms with Gasteiger partial charge in [0.05, 0.1) is 16.9 Å². The molecule has 17 heavy (non-hydrogen) atoms. The minimum Gasteiger partial charge on any atom is -0.341 e. The summed E-state index contributed by atoms with van der Waals surface area (Å²) in [5, 5.41) is 0. The van der Waals surface area contributed by atoms with Crippen LogP contribution in [0.15, 0.2) is 18.2 Å². The molecule has 0 amide bonds. The Labute approximate surface area is 107 Å². The molecule has 0 radical (unpaired) electrons. The summed E-state index contributed by atoms with van der Waals surface area (Å²) in [5.74, 6) is 2.08. The third-order valence-corrected chi connectivity index (χ3v) is 3.22. The fourth-order valence-corrected chi connectivity index (χ4v) is 2.17. The summed E-state index contributed by atoms with van der Waals surface area (Å²) in [6.07, 6.45) is 3.68. The molecule has 0 saturated heterocycles. The van der Waals surface area contributed by atoms with Crippen LogP contribution in [0, 0.1) is 5.92 Å². The van der Waals surface area contributed by atoms with Crippen LogP contribution in [0.4, 0.5) is 0 Å². The van der Waals surface area contributed by atoms with Gasteiger partial charge < -0.3 is 4.98 Å². The number of halogens is 1. The summed E-state index contributed by atoms with van der Waals surface area (Å²) < 4.78 is 0. The fourth-order valence-electron chi connectivity index (χ4n) is 2.04. The first-order chi connectivity index (χ1) is 8.19. The van der Waals surface area contributed by atoms with Crippen molar-refractivity contribution in [3.05, 3.63) is 29.6 Å². The number of aromatic nitrogens is 2. The Kier molecular flexibility index (Phi) is 4.06. The minimum atomic E-state index is 0.442. The van der Waals surface area contributed by atoms with E-state index in [1.165, 1.54) is 18.4 Å². The molecule has 1 N–H and O–H groups in total. The van der Waals surface area contributed by atoms with Crippen molar-refractivity contribution in [1.82, 2.24) is 9.97 Å². The number of aromatic amines is 1. The van der Waals surface area contributed by atoms with Crippen LogP contribution in [0.1, 0.15) is 38.1 Å². The maximum Gasteiger partial charge on any atom is 0.122 e. The number of imidazole rings is 1. The number of hydrogen-bond donors (Lipinski definition) is 1. The third kappa shape index (κ3) is 3.22. The second-order valence-corrected chi connectivity index (χ2v) is 5.22. The molecule has 1 aromatic carbocycles. The molecule has 0 bridgehead atoms.